The molecule has 1 aromatic heterocycles. The SMILES string of the molecule is CN(CCN1CCCC1)C(=O)Cn1ccc2ccc(Cl)cc21. The molecule has 118 valence electrons. The second-order valence-corrected chi connectivity index (χ2v) is 6.45. The molecule has 0 saturated carbocycles. The summed E-state index contributed by atoms with van der Waals surface area (Å²) in [6.45, 7) is 4.46. The summed E-state index contributed by atoms with van der Waals surface area (Å²) in [4.78, 5) is 16.7. The van der Waals surface area contributed by atoms with Gasteiger partial charge in [0, 0.05) is 36.9 Å². The zero-order valence-electron chi connectivity index (χ0n) is 13.0. The van der Waals surface area contributed by atoms with Crippen molar-refractivity contribution in [2.45, 2.75) is 19.4 Å². The van der Waals surface area contributed by atoms with Crippen molar-refractivity contribution in [2.75, 3.05) is 33.2 Å². The van der Waals surface area contributed by atoms with Crippen LogP contribution in [-0.4, -0.2) is 53.5 Å². The standard InChI is InChI=1S/C17H22ClN3O/c1-19(10-11-20-7-2-3-8-20)17(22)13-21-9-6-14-4-5-15(18)12-16(14)21/h4-6,9,12H,2-3,7-8,10-11,13H2,1H3. The molecule has 4 nitrogen and oxygen atoms in total. The van der Waals surface area contributed by atoms with Crippen LogP contribution in [0.3, 0.4) is 0 Å². The van der Waals surface area contributed by atoms with E-state index in [0.29, 0.717) is 11.6 Å². The number of hydrogen-bond acceptors (Lipinski definition) is 2. The second kappa shape index (κ2) is 6.71. The van der Waals surface area contributed by atoms with Gasteiger partial charge in [0.15, 0.2) is 0 Å². The van der Waals surface area contributed by atoms with E-state index in [2.05, 4.69) is 4.90 Å². The largest absolute Gasteiger partial charge is 0.343 e. The van der Waals surface area contributed by atoms with E-state index in [1.807, 2.05) is 47.0 Å². The molecule has 0 atom stereocenters. The maximum Gasteiger partial charge on any atom is 0.242 e. The van der Waals surface area contributed by atoms with Crippen LogP contribution in [0.25, 0.3) is 10.9 Å². The molecule has 1 fully saturated rings. The van der Waals surface area contributed by atoms with Crippen LogP contribution in [0.5, 0.6) is 0 Å². The van der Waals surface area contributed by atoms with Crippen LogP contribution in [-0.2, 0) is 11.3 Å². The van der Waals surface area contributed by atoms with Crippen molar-refractivity contribution < 1.29 is 4.79 Å². The number of rotatable bonds is 5. The fraction of sp³-hybridized carbons (Fsp3) is 0.471. The normalized spacial score (nSPS) is 15.5. The van der Waals surface area contributed by atoms with Gasteiger partial charge in [0.25, 0.3) is 0 Å². The molecule has 1 aliphatic heterocycles. The Balaban J connectivity index is 1.60. The first-order valence-electron chi connectivity index (χ1n) is 7.84. The summed E-state index contributed by atoms with van der Waals surface area (Å²) in [5, 5.41) is 1.80. The highest BCUT2D eigenvalue weighted by Crippen LogP contribution is 2.20. The van der Waals surface area contributed by atoms with Gasteiger partial charge in [0.2, 0.25) is 5.91 Å². The second-order valence-electron chi connectivity index (χ2n) is 6.01. The summed E-state index contributed by atoms with van der Waals surface area (Å²) in [5.41, 5.74) is 1.01. The first-order valence-corrected chi connectivity index (χ1v) is 8.22. The Labute approximate surface area is 136 Å². The Kier molecular flexibility index (Phi) is 4.69. The average Bonchev–Trinajstić information content (AvgIpc) is 3.15. The van der Waals surface area contributed by atoms with Crippen LogP contribution in [0.1, 0.15) is 12.8 Å². The van der Waals surface area contributed by atoms with E-state index < -0.39 is 0 Å². The van der Waals surface area contributed by atoms with E-state index >= 15 is 0 Å². The lowest BCUT2D eigenvalue weighted by molar-refractivity contribution is -0.130. The molecule has 5 heteroatoms. The molecular weight excluding hydrogens is 298 g/mol. The Morgan fingerprint density at radius 2 is 2.05 bits per heavy atom. The van der Waals surface area contributed by atoms with Crippen LogP contribution in [0, 0.1) is 0 Å². The fourth-order valence-electron chi connectivity index (χ4n) is 2.98. The van der Waals surface area contributed by atoms with Crippen LogP contribution in [0.15, 0.2) is 30.5 Å². The number of halogens is 1. The van der Waals surface area contributed by atoms with Gasteiger partial charge in [-0.15, -0.1) is 0 Å². The number of benzene rings is 1. The van der Waals surface area contributed by atoms with Crippen molar-refractivity contribution >= 4 is 28.4 Å². The van der Waals surface area contributed by atoms with Gasteiger partial charge in [-0.05, 0) is 49.5 Å². The van der Waals surface area contributed by atoms with Gasteiger partial charge in [0.1, 0.15) is 6.54 Å². The fourth-order valence-corrected chi connectivity index (χ4v) is 3.15. The van der Waals surface area contributed by atoms with Gasteiger partial charge < -0.3 is 14.4 Å². The lowest BCUT2D eigenvalue weighted by Crippen LogP contribution is -2.36. The molecule has 2 aromatic rings. The number of fused-ring (bicyclic) bond motifs is 1. The first kappa shape index (κ1) is 15.4. The molecule has 3 rings (SSSR count). The molecular formula is C17H22ClN3O. The van der Waals surface area contributed by atoms with Crippen LogP contribution in [0.4, 0.5) is 0 Å². The molecule has 0 radical (unpaired) electrons. The number of hydrogen-bond donors (Lipinski definition) is 0. The van der Waals surface area contributed by atoms with Crippen molar-refractivity contribution in [2.24, 2.45) is 0 Å². The van der Waals surface area contributed by atoms with Crippen LogP contribution < -0.4 is 0 Å². The summed E-state index contributed by atoms with van der Waals surface area (Å²) >= 11 is 6.05. The van der Waals surface area contributed by atoms with Gasteiger partial charge in [-0.1, -0.05) is 17.7 Å². The highest BCUT2D eigenvalue weighted by Gasteiger charge is 2.15. The van der Waals surface area contributed by atoms with Crippen molar-refractivity contribution in [3.8, 4) is 0 Å². The maximum absolute atomic E-state index is 12.4. The molecule has 1 aliphatic rings. The minimum Gasteiger partial charge on any atom is -0.343 e. The smallest absolute Gasteiger partial charge is 0.242 e. The van der Waals surface area contributed by atoms with E-state index in [-0.39, 0.29) is 5.91 Å². The van der Waals surface area contributed by atoms with Crippen molar-refractivity contribution in [3.05, 3.63) is 35.5 Å². The van der Waals surface area contributed by atoms with E-state index in [0.717, 1.165) is 24.0 Å². The lowest BCUT2D eigenvalue weighted by atomic mass is 10.2. The van der Waals surface area contributed by atoms with E-state index in [1.165, 1.54) is 25.9 Å². The summed E-state index contributed by atoms with van der Waals surface area (Å²) in [6.07, 6.45) is 4.52. The van der Waals surface area contributed by atoms with Crippen molar-refractivity contribution in [3.63, 3.8) is 0 Å². The minimum absolute atomic E-state index is 0.136. The minimum atomic E-state index is 0.136. The highest BCUT2D eigenvalue weighted by atomic mass is 35.5. The molecule has 0 spiro atoms. The number of carbonyl (C=O) groups excluding carboxylic acids is 1. The van der Waals surface area contributed by atoms with Crippen LogP contribution in [0.2, 0.25) is 5.02 Å². The van der Waals surface area contributed by atoms with E-state index in [4.69, 9.17) is 11.6 Å². The number of nitrogens with zero attached hydrogens (tertiary/aromatic N) is 3. The number of likely N-dealkylation sites (N-methyl/N-ethyl adjacent to an activating group) is 1. The molecule has 1 aromatic carbocycles. The third-order valence-electron chi connectivity index (χ3n) is 4.42. The van der Waals surface area contributed by atoms with Crippen LogP contribution >= 0.6 is 11.6 Å². The number of amides is 1. The first-order chi connectivity index (χ1) is 10.6. The molecule has 0 N–H and O–H groups in total. The Hall–Kier alpha value is -1.52. The summed E-state index contributed by atoms with van der Waals surface area (Å²) in [5.74, 6) is 0.136. The third kappa shape index (κ3) is 3.45. The van der Waals surface area contributed by atoms with Gasteiger partial charge in [-0.2, -0.15) is 0 Å². The Morgan fingerprint density at radius 1 is 1.27 bits per heavy atom. The van der Waals surface area contributed by atoms with Gasteiger partial charge in [-0.3, -0.25) is 4.79 Å². The molecule has 1 amide bonds. The van der Waals surface area contributed by atoms with Crippen molar-refractivity contribution in [1.29, 1.82) is 0 Å². The molecule has 0 aliphatic carbocycles. The van der Waals surface area contributed by atoms with Crippen molar-refractivity contribution in [1.82, 2.24) is 14.4 Å². The zero-order valence-corrected chi connectivity index (χ0v) is 13.7. The summed E-state index contributed by atoms with van der Waals surface area (Å²) in [6, 6.07) is 7.78. The number of aromatic nitrogens is 1. The van der Waals surface area contributed by atoms with Gasteiger partial charge in [-0.25, -0.2) is 0 Å². The highest BCUT2D eigenvalue weighted by molar-refractivity contribution is 6.31. The predicted molar refractivity (Wildman–Crippen MR) is 90.3 cm³/mol. The van der Waals surface area contributed by atoms with E-state index in [1.54, 1.807) is 0 Å². The molecule has 2 heterocycles. The third-order valence-corrected chi connectivity index (χ3v) is 4.65. The number of carbonyl (C=O) groups is 1. The van der Waals surface area contributed by atoms with Gasteiger partial charge >= 0.3 is 0 Å². The quantitative estimate of drug-likeness (QED) is 0.848. The predicted octanol–water partition coefficient (Wildman–Crippen LogP) is 2.85. The summed E-state index contributed by atoms with van der Waals surface area (Å²) < 4.78 is 1.97. The Morgan fingerprint density at radius 3 is 2.82 bits per heavy atom. The molecule has 22 heavy (non-hydrogen) atoms. The zero-order chi connectivity index (χ0) is 15.5. The van der Waals surface area contributed by atoms with Gasteiger partial charge in [0.05, 0.1) is 0 Å². The summed E-state index contributed by atoms with van der Waals surface area (Å²) in [7, 11) is 1.89. The maximum atomic E-state index is 12.4. The Bertz CT molecular complexity index is 661. The lowest BCUT2D eigenvalue weighted by Gasteiger charge is -2.22. The molecule has 0 bridgehead atoms. The topological polar surface area (TPSA) is 28.5 Å². The monoisotopic (exact) mass is 319 g/mol. The number of likely N-dealkylation sites (tertiary alicyclic amines) is 1. The molecule has 0 unspecified atom stereocenters. The molecule has 1 saturated heterocycles. The average molecular weight is 320 g/mol. The van der Waals surface area contributed by atoms with E-state index in [9.17, 15) is 4.79 Å².